The standard InChI is InChI=1S/C21H20ClFN4O3/c1-10-5-6-24-18(29)15(10)14-4-3-12-7-25-20(17(23)16(12)11(14)2)30-19-13(9-28)8-26-21(22)27-19/h7-8,28H,3-6,9H2,1-2H3,(H,24,29). The molecule has 1 aliphatic carbocycles. The van der Waals surface area contributed by atoms with Gasteiger partial charge in [-0.05, 0) is 61.4 Å². The third kappa shape index (κ3) is 3.57. The van der Waals surface area contributed by atoms with Crippen LogP contribution in [0.5, 0.6) is 11.8 Å². The summed E-state index contributed by atoms with van der Waals surface area (Å²) in [5.41, 5.74) is 4.57. The zero-order valence-corrected chi connectivity index (χ0v) is 17.3. The van der Waals surface area contributed by atoms with Crippen molar-refractivity contribution in [2.24, 2.45) is 0 Å². The monoisotopic (exact) mass is 430 g/mol. The third-order valence-corrected chi connectivity index (χ3v) is 5.62. The van der Waals surface area contributed by atoms with Crippen molar-refractivity contribution in [3.63, 3.8) is 0 Å². The molecule has 7 nitrogen and oxygen atoms in total. The number of pyridine rings is 1. The molecule has 9 heteroatoms. The Hall–Kier alpha value is -2.84. The van der Waals surface area contributed by atoms with Crippen molar-refractivity contribution in [1.29, 1.82) is 0 Å². The number of aliphatic hydroxyl groups excluding tert-OH is 1. The summed E-state index contributed by atoms with van der Waals surface area (Å²) in [5.74, 6) is -1.11. The molecule has 4 rings (SSSR count). The maximum atomic E-state index is 15.5. The maximum absolute atomic E-state index is 15.5. The molecular formula is C21H20ClFN4O3. The molecule has 2 aliphatic rings. The van der Waals surface area contributed by atoms with E-state index in [1.54, 1.807) is 6.20 Å². The first kappa shape index (κ1) is 20.4. The molecule has 0 unspecified atom stereocenters. The second-order valence-electron chi connectivity index (χ2n) is 7.27. The number of carbonyl (C=O) groups excluding carboxylic acids is 1. The first-order valence-electron chi connectivity index (χ1n) is 9.56. The van der Waals surface area contributed by atoms with E-state index in [0.29, 0.717) is 36.1 Å². The molecule has 30 heavy (non-hydrogen) atoms. The minimum Gasteiger partial charge on any atom is -0.417 e. The van der Waals surface area contributed by atoms with Gasteiger partial charge in [-0.1, -0.05) is 5.57 Å². The van der Waals surface area contributed by atoms with Gasteiger partial charge >= 0.3 is 0 Å². The van der Waals surface area contributed by atoms with Gasteiger partial charge in [0.05, 0.1) is 12.2 Å². The summed E-state index contributed by atoms with van der Waals surface area (Å²) in [7, 11) is 0. The Balaban J connectivity index is 1.79. The number of allylic oxidation sites excluding steroid dienone is 1. The van der Waals surface area contributed by atoms with Crippen LogP contribution in [-0.4, -0.2) is 32.5 Å². The van der Waals surface area contributed by atoms with Gasteiger partial charge in [0.25, 0.3) is 11.8 Å². The number of carbonyl (C=O) groups is 1. The van der Waals surface area contributed by atoms with Crippen LogP contribution in [0.15, 0.2) is 29.1 Å². The van der Waals surface area contributed by atoms with Gasteiger partial charge in [-0.3, -0.25) is 4.79 Å². The van der Waals surface area contributed by atoms with Crippen LogP contribution in [0.2, 0.25) is 5.28 Å². The van der Waals surface area contributed by atoms with Crippen molar-refractivity contribution in [3.05, 3.63) is 56.9 Å². The van der Waals surface area contributed by atoms with E-state index in [0.717, 1.165) is 23.1 Å². The number of ether oxygens (including phenoxy) is 1. The molecule has 0 bridgehead atoms. The van der Waals surface area contributed by atoms with Crippen LogP contribution in [0.3, 0.4) is 0 Å². The lowest BCUT2D eigenvalue weighted by molar-refractivity contribution is -0.117. The number of hydrogen-bond acceptors (Lipinski definition) is 6. The first-order chi connectivity index (χ1) is 14.4. The zero-order valence-electron chi connectivity index (χ0n) is 16.6. The smallest absolute Gasteiger partial charge is 0.258 e. The largest absolute Gasteiger partial charge is 0.417 e. The van der Waals surface area contributed by atoms with Gasteiger partial charge in [-0.15, -0.1) is 0 Å². The molecule has 0 fully saturated rings. The molecular weight excluding hydrogens is 411 g/mol. The van der Waals surface area contributed by atoms with Gasteiger partial charge in [0, 0.05) is 30.1 Å². The summed E-state index contributed by atoms with van der Waals surface area (Å²) in [6, 6.07) is 0. The summed E-state index contributed by atoms with van der Waals surface area (Å²) < 4.78 is 21.0. The van der Waals surface area contributed by atoms with Gasteiger partial charge in [-0.25, -0.2) is 14.4 Å². The van der Waals surface area contributed by atoms with Gasteiger partial charge in [0.15, 0.2) is 5.82 Å². The van der Waals surface area contributed by atoms with E-state index in [4.69, 9.17) is 16.3 Å². The Kier molecular flexibility index (Phi) is 5.53. The fraction of sp³-hybridized carbons (Fsp3) is 0.333. The summed E-state index contributed by atoms with van der Waals surface area (Å²) >= 11 is 5.80. The fourth-order valence-corrected chi connectivity index (χ4v) is 4.03. The van der Waals surface area contributed by atoms with Crippen LogP contribution in [0, 0.1) is 5.82 Å². The minimum atomic E-state index is -0.643. The average Bonchev–Trinajstić information content (AvgIpc) is 2.71. The Bertz CT molecular complexity index is 1110. The quantitative estimate of drug-likeness (QED) is 0.720. The summed E-state index contributed by atoms with van der Waals surface area (Å²) in [6.07, 6.45) is 4.85. The Morgan fingerprint density at radius 3 is 2.73 bits per heavy atom. The number of aliphatic hydroxyl groups is 1. The number of aromatic nitrogens is 3. The highest BCUT2D eigenvalue weighted by molar-refractivity contribution is 6.28. The molecule has 0 spiro atoms. The maximum Gasteiger partial charge on any atom is 0.258 e. The number of amides is 1. The molecule has 1 aliphatic heterocycles. The number of aryl methyl sites for hydroxylation is 1. The Labute approximate surface area is 177 Å². The van der Waals surface area contributed by atoms with Crippen LogP contribution < -0.4 is 10.1 Å². The number of halogens is 2. The Morgan fingerprint density at radius 2 is 2.00 bits per heavy atom. The first-order valence-corrected chi connectivity index (χ1v) is 9.94. The lowest BCUT2D eigenvalue weighted by Gasteiger charge is -2.27. The van der Waals surface area contributed by atoms with E-state index in [-0.39, 0.29) is 28.5 Å². The second-order valence-corrected chi connectivity index (χ2v) is 7.61. The van der Waals surface area contributed by atoms with Crippen LogP contribution in [0.25, 0.3) is 5.57 Å². The molecule has 2 aromatic rings. The number of nitrogens with zero attached hydrogens (tertiary/aromatic N) is 3. The highest BCUT2D eigenvalue weighted by atomic mass is 35.5. The summed E-state index contributed by atoms with van der Waals surface area (Å²) in [6.45, 7) is 3.96. The summed E-state index contributed by atoms with van der Waals surface area (Å²) in [5, 5.41) is 12.2. The van der Waals surface area contributed by atoms with Crippen molar-refractivity contribution in [3.8, 4) is 11.8 Å². The highest BCUT2D eigenvalue weighted by Crippen LogP contribution is 2.40. The van der Waals surface area contributed by atoms with Gasteiger partial charge in [0.2, 0.25) is 11.2 Å². The zero-order chi connectivity index (χ0) is 21.4. The van der Waals surface area contributed by atoms with Crippen molar-refractivity contribution in [1.82, 2.24) is 20.3 Å². The van der Waals surface area contributed by atoms with E-state index in [1.807, 2.05) is 13.8 Å². The van der Waals surface area contributed by atoms with E-state index in [2.05, 4.69) is 20.3 Å². The van der Waals surface area contributed by atoms with Crippen molar-refractivity contribution in [2.75, 3.05) is 6.54 Å². The van der Waals surface area contributed by atoms with Crippen LogP contribution in [0.4, 0.5) is 4.39 Å². The summed E-state index contributed by atoms with van der Waals surface area (Å²) in [4.78, 5) is 24.3. The molecule has 2 aromatic heterocycles. The van der Waals surface area contributed by atoms with E-state index in [9.17, 15) is 9.90 Å². The lowest BCUT2D eigenvalue weighted by atomic mass is 9.81. The molecule has 0 atom stereocenters. The number of fused-ring (bicyclic) bond motifs is 1. The predicted octanol–water partition coefficient (Wildman–Crippen LogP) is 3.50. The molecule has 2 N–H and O–H groups in total. The van der Waals surface area contributed by atoms with Crippen molar-refractivity contribution >= 4 is 23.1 Å². The van der Waals surface area contributed by atoms with Gasteiger partial charge < -0.3 is 15.2 Å². The second kappa shape index (κ2) is 8.12. The SMILES string of the molecule is CC1=C(C2=C(C)c3c(cnc(Oc4nc(Cl)ncc4CO)c3F)CC2)C(=O)NCC1. The third-order valence-electron chi connectivity index (χ3n) is 5.44. The fourth-order valence-electron chi connectivity index (χ4n) is 3.91. The molecule has 0 saturated heterocycles. The highest BCUT2D eigenvalue weighted by Gasteiger charge is 2.29. The van der Waals surface area contributed by atoms with E-state index >= 15 is 4.39 Å². The van der Waals surface area contributed by atoms with Gasteiger partial charge in [-0.2, -0.15) is 4.98 Å². The molecule has 1 amide bonds. The van der Waals surface area contributed by atoms with Crippen LogP contribution >= 0.6 is 11.6 Å². The predicted molar refractivity (Wildman–Crippen MR) is 108 cm³/mol. The molecule has 0 saturated carbocycles. The number of rotatable bonds is 4. The molecule has 3 heterocycles. The van der Waals surface area contributed by atoms with E-state index in [1.165, 1.54) is 6.20 Å². The van der Waals surface area contributed by atoms with Crippen LogP contribution in [0.1, 0.15) is 43.4 Å². The number of hydrogen-bond donors (Lipinski definition) is 2. The van der Waals surface area contributed by atoms with Crippen molar-refractivity contribution < 1.29 is 19.0 Å². The normalized spacial score (nSPS) is 16.5. The van der Waals surface area contributed by atoms with Gasteiger partial charge in [0.1, 0.15) is 0 Å². The van der Waals surface area contributed by atoms with E-state index < -0.39 is 12.4 Å². The molecule has 156 valence electrons. The average molecular weight is 431 g/mol. The Morgan fingerprint density at radius 1 is 1.20 bits per heavy atom. The number of nitrogens with one attached hydrogen (secondary N) is 1. The van der Waals surface area contributed by atoms with Crippen molar-refractivity contribution in [2.45, 2.75) is 39.7 Å². The minimum absolute atomic E-state index is 0.0632. The van der Waals surface area contributed by atoms with Crippen LogP contribution in [-0.2, 0) is 17.8 Å². The molecule has 0 radical (unpaired) electrons. The lowest BCUT2D eigenvalue weighted by Crippen LogP contribution is -2.32. The topological polar surface area (TPSA) is 97.2 Å². The molecule has 0 aromatic carbocycles.